The van der Waals surface area contributed by atoms with Crippen molar-refractivity contribution in [2.75, 3.05) is 0 Å². The third kappa shape index (κ3) is 4.33. The zero-order valence-corrected chi connectivity index (χ0v) is 18.0. The maximum atomic E-state index is 2.52. The van der Waals surface area contributed by atoms with Crippen molar-refractivity contribution in [2.24, 2.45) is 0 Å². The summed E-state index contributed by atoms with van der Waals surface area (Å²) in [5.41, 5.74) is 1.36. The number of hydrogen-bond donors (Lipinski definition) is 0. The Bertz CT molecular complexity index is 564. The van der Waals surface area contributed by atoms with Gasteiger partial charge < -0.3 is 0 Å². The van der Waals surface area contributed by atoms with Crippen LogP contribution in [0.15, 0.2) is 56.2 Å². The van der Waals surface area contributed by atoms with Crippen LogP contribution in [0.3, 0.4) is 0 Å². The fourth-order valence-electron chi connectivity index (χ4n) is 1.38. The van der Waals surface area contributed by atoms with Crippen LogP contribution in [0.4, 0.5) is 0 Å². The van der Waals surface area contributed by atoms with E-state index in [0.29, 0.717) is 0 Å². The molecule has 0 saturated carbocycles. The Morgan fingerprint density at radius 2 is 1.44 bits per heavy atom. The molecule has 0 heterocycles. The van der Waals surface area contributed by atoms with Crippen LogP contribution in [0.1, 0.15) is 5.56 Å². The molecule has 0 N–H and O–H groups in total. The van der Waals surface area contributed by atoms with E-state index in [1.807, 2.05) is 0 Å². The van der Waals surface area contributed by atoms with E-state index in [2.05, 4.69) is 122 Å². The van der Waals surface area contributed by atoms with E-state index in [0.717, 1.165) is 0 Å². The van der Waals surface area contributed by atoms with Crippen molar-refractivity contribution in [1.82, 2.24) is 0 Å². The van der Waals surface area contributed by atoms with E-state index >= 15 is 0 Å². The minimum absolute atomic E-state index is 0.253. The molecule has 18 heavy (non-hydrogen) atoms. The fourth-order valence-corrected chi connectivity index (χ4v) is 7.76. The first-order valence-electron chi connectivity index (χ1n) is 5.21. The van der Waals surface area contributed by atoms with Gasteiger partial charge in [0.2, 0.25) is 0 Å². The van der Waals surface area contributed by atoms with Crippen molar-refractivity contribution < 1.29 is 0 Å². The molecule has 2 aromatic rings. The third-order valence-corrected chi connectivity index (χ3v) is 11.0. The van der Waals surface area contributed by atoms with Crippen LogP contribution in [0, 0.1) is 3.57 Å². The molecule has 0 nitrogen and oxygen atoms in total. The molecule has 2 aromatic carbocycles. The third-order valence-electron chi connectivity index (χ3n) is 2.23. The van der Waals surface area contributed by atoms with Gasteiger partial charge in [0.25, 0.3) is 0 Å². The SMILES string of the molecule is I/C([Te]c1ccccc1)=C(\I)c1ccccc1I. The monoisotopic (exact) mass is 688 g/mol. The van der Waals surface area contributed by atoms with Crippen LogP contribution in [0.5, 0.6) is 0 Å². The van der Waals surface area contributed by atoms with Crippen LogP contribution in [-0.4, -0.2) is 20.9 Å². The molecule has 0 radical (unpaired) electrons. The van der Waals surface area contributed by atoms with Crippen molar-refractivity contribution in [2.45, 2.75) is 0 Å². The van der Waals surface area contributed by atoms with Crippen LogP contribution in [0.2, 0.25) is 0 Å². The van der Waals surface area contributed by atoms with Crippen molar-refractivity contribution in [3.8, 4) is 0 Å². The molecule has 92 valence electrons. The van der Waals surface area contributed by atoms with Crippen molar-refractivity contribution in [3.63, 3.8) is 0 Å². The molecule has 0 spiro atoms. The summed E-state index contributed by atoms with van der Waals surface area (Å²) in [7, 11) is 0. The second-order valence-corrected chi connectivity index (χ2v) is 12.2. The zero-order chi connectivity index (χ0) is 13.0. The average Bonchev–Trinajstić information content (AvgIpc) is 2.39. The van der Waals surface area contributed by atoms with Gasteiger partial charge in [0, 0.05) is 0 Å². The van der Waals surface area contributed by atoms with Crippen molar-refractivity contribution in [1.29, 1.82) is 0 Å². The second-order valence-electron chi connectivity index (χ2n) is 3.48. The van der Waals surface area contributed by atoms with Crippen LogP contribution in [-0.2, 0) is 0 Å². The fraction of sp³-hybridized carbons (Fsp3) is 0. The Labute approximate surface area is 159 Å². The average molecular weight is 686 g/mol. The normalized spacial score (nSPS) is 12.2. The second kappa shape index (κ2) is 7.81. The summed E-state index contributed by atoms with van der Waals surface area (Å²) < 4.78 is 5.75. The molecule has 0 unspecified atom stereocenters. The number of rotatable bonds is 3. The Kier molecular flexibility index (Phi) is 6.75. The van der Waals surface area contributed by atoms with Gasteiger partial charge in [-0.2, -0.15) is 0 Å². The summed E-state index contributed by atoms with van der Waals surface area (Å²) in [4.78, 5) is 0. The van der Waals surface area contributed by atoms with Crippen LogP contribution in [0.25, 0.3) is 3.58 Å². The molecular weight excluding hydrogens is 676 g/mol. The van der Waals surface area contributed by atoms with Crippen molar-refractivity contribution in [3.05, 3.63) is 65.4 Å². The molecule has 0 fully saturated rings. The molecule has 4 heteroatoms. The van der Waals surface area contributed by atoms with Crippen molar-refractivity contribution >= 4 is 95.9 Å². The van der Waals surface area contributed by atoms with Gasteiger partial charge >= 0.3 is 161 Å². The first-order chi connectivity index (χ1) is 8.68. The molecule has 0 bridgehead atoms. The summed E-state index contributed by atoms with van der Waals surface area (Å²) in [6, 6.07) is 19.4. The summed E-state index contributed by atoms with van der Waals surface area (Å²) in [5, 5.41) is 0. The molecule has 0 saturated heterocycles. The van der Waals surface area contributed by atoms with E-state index in [4.69, 9.17) is 0 Å². The molecule has 0 amide bonds. The van der Waals surface area contributed by atoms with E-state index in [9.17, 15) is 0 Å². The van der Waals surface area contributed by atoms with Gasteiger partial charge in [-0.25, -0.2) is 0 Å². The van der Waals surface area contributed by atoms with E-state index < -0.39 is 0 Å². The van der Waals surface area contributed by atoms with Gasteiger partial charge in [-0.1, -0.05) is 0 Å². The first-order valence-corrected chi connectivity index (χ1v) is 10.8. The quantitative estimate of drug-likeness (QED) is 0.322. The Hall–Kier alpha value is 1.16. The van der Waals surface area contributed by atoms with E-state index in [-0.39, 0.29) is 20.9 Å². The van der Waals surface area contributed by atoms with E-state index in [1.54, 1.807) is 0 Å². The van der Waals surface area contributed by atoms with Gasteiger partial charge in [0.15, 0.2) is 0 Å². The molecule has 0 aliphatic rings. The summed E-state index contributed by atoms with van der Waals surface area (Å²) in [5.74, 6) is 0. The topological polar surface area (TPSA) is 0 Å². The number of hydrogen-bond acceptors (Lipinski definition) is 0. The zero-order valence-electron chi connectivity index (χ0n) is 9.24. The summed E-state index contributed by atoms with van der Waals surface area (Å²) in [6.07, 6.45) is 0. The first kappa shape index (κ1) is 15.5. The maximum absolute atomic E-state index is 2.52. The van der Waals surface area contributed by atoms with Crippen LogP contribution >= 0.6 is 67.8 Å². The molecule has 2 rings (SSSR count). The van der Waals surface area contributed by atoms with Gasteiger partial charge in [-0.3, -0.25) is 0 Å². The summed E-state index contributed by atoms with van der Waals surface area (Å²) >= 11 is 7.16. The van der Waals surface area contributed by atoms with Gasteiger partial charge in [-0.05, 0) is 0 Å². The predicted molar refractivity (Wildman–Crippen MR) is 106 cm³/mol. The van der Waals surface area contributed by atoms with Crippen LogP contribution < -0.4 is 3.61 Å². The molecular formula is C14H9I3Te. The Morgan fingerprint density at radius 3 is 2.11 bits per heavy atom. The standard InChI is InChI=1S/C14H9I3Te/c15-12-9-5-4-8-11(12)13(16)14(17)18-10-6-2-1-3-7-10/h1-9H/b14-13+. The van der Waals surface area contributed by atoms with E-state index in [1.165, 1.54) is 18.0 Å². The van der Waals surface area contributed by atoms with Gasteiger partial charge in [0.05, 0.1) is 0 Å². The Balaban J connectivity index is 2.28. The molecule has 0 atom stereocenters. The molecule has 0 aliphatic carbocycles. The Morgan fingerprint density at radius 1 is 0.833 bits per heavy atom. The molecule has 0 aromatic heterocycles. The molecule has 0 aliphatic heterocycles. The summed E-state index contributed by atoms with van der Waals surface area (Å²) in [6.45, 7) is 0. The predicted octanol–water partition coefficient (Wildman–Crippen LogP) is 4.82. The van der Waals surface area contributed by atoms with Gasteiger partial charge in [-0.15, -0.1) is 0 Å². The number of benzene rings is 2. The number of halogens is 3. The van der Waals surface area contributed by atoms with Gasteiger partial charge in [0.1, 0.15) is 0 Å². The minimum atomic E-state index is -0.253.